The second-order valence-corrected chi connectivity index (χ2v) is 8.89. The molecule has 0 spiro atoms. The first-order valence-electron chi connectivity index (χ1n) is 10.9. The first-order chi connectivity index (χ1) is 15.8. The number of benzene rings is 1. The van der Waals surface area contributed by atoms with Crippen LogP contribution in [0, 0.1) is 0 Å². The van der Waals surface area contributed by atoms with Gasteiger partial charge in [0.2, 0.25) is 0 Å². The number of nitrogens with one attached hydrogen (secondary N) is 3. The number of aromatic amines is 2. The van der Waals surface area contributed by atoms with Crippen LogP contribution in [-0.4, -0.2) is 39.4 Å². The minimum absolute atomic E-state index is 0.245. The van der Waals surface area contributed by atoms with Gasteiger partial charge < -0.3 is 15.0 Å². The van der Waals surface area contributed by atoms with Crippen LogP contribution in [-0.2, 0) is 0 Å². The topological polar surface area (TPSA) is 78.6 Å². The quantitative estimate of drug-likeness (QED) is 0.337. The van der Waals surface area contributed by atoms with Crippen LogP contribution in [0.4, 0.5) is 0 Å². The fraction of sp³-hybridized carbons (Fsp3) is 0.200. The highest BCUT2D eigenvalue weighted by Crippen LogP contribution is 2.34. The monoisotopic (exact) mass is 441 g/mol. The van der Waals surface area contributed by atoms with Crippen LogP contribution in [0.1, 0.15) is 12.8 Å². The van der Waals surface area contributed by atoms with Crippen molar-refractivity contribution in [2.75, 3.05) is 13.1 Å². The second-order valence-electron chi connectivity index (χ2n) is 8.11. The van der Waals surface area contributed by atoms with E-state index in [4.69, 9.17) is 4.74 Å². The van der Waals surface area contributed by atoms with Gasteiger partial charge in [-0.1, -0.05) is 12.1 Å². The summed E-state index contributed by atoms with van der Waals surface area (Å²) in [6.45, 7) is 2.00. The number of fused-ring (bicyclic) bond motifs is 1. The van der Waals surface area contributed by atoms with E-state index in [-0.39, 0.29) is 6.10 Å². The van der Waals surface area contributed by atoms with Gasteiger partial charge in [0, 0.05) is 22.7 Å². The van der Waals surface area contributed by atoms with Crippen LogP contribution in [0.25, 0.3) is 44.7 Å². The molecule has 1 aromatic carbocycles. The fourth-order valence-electron chi connectivity index (χ4n) is 4.31. The summed E-state index contributed by atoms with van der Waals surface area (Å²) in [7, 11) is 0. The highest BCUT2D eigenvalue weighted by atomic mass is 32.1. The number of hydrogen-bond acceptors (Lipinski definition) is 5. The molecule has 0 atom stereocenters. The summed E-state index contributed by atoms with van der Waals surface area (Å²) in [4.78, 5) is 7.91. The molecule has 5 heterocycles. The molecule has 1 fully saturated rings. The third-order valence-electron chi connectivity index (χ3n) is 5.96. The van der Waals surface area contributed by atoms with Crippen LogP contribution in [0.3, 0.4) is 0 Å². The zero-order valence-corrected chi connectivity index (χ0v) is 18.3. The molecule has 1 aliphatic rings. The Hall–Kier alpha value is -3.42. The Kier molecular flexibility index (Phi) is 4.97. The minimum Gasteiger partial charge on any atom is -0.489 e. The number of ether oxygens (including phenoxy) is 1. The van der Waals surface area contributed by atoms with E-state index in [0.29, 0.717) is 0 Å². The molecule has 0 saturated carbocycles. The maximum Gasteiger partial charge on any atom is 0.138 e. The Morgan fingerprint density at radius 2 is 1.91 bits per heavy atom. The van der Waals surface area contributed by atoms with Crippen molar-refractivity contribution in [1.82, 2.24) is 25.5 Å². The normalized spacial score (nSPS) is 14.8. The summed E-state index contributed by atoms with van der Waals surface area (Å²) in [5.74, 6) is 0.802. The second kappa shape index (κ2) is 8.26. The number of thiophene rings is 1. The highest BCUT2D eigenvalue weighted by molar-refractivity contribution is 7.08. The predicted octanol–water partition coefficient (Wildman–Crippen LogP) is 5.48. The van der Waals surface area contributed by atoms with E-state index in [0.717, 1.165) is 59.8 Å². The molecule has 3 N–H and O–H groups in total. The summed E-state index contributed by atoms with van der Waals surface area (Å²) in [5.41, 5.74) is 7.31. The van der Waals surface area contributed by atoms with Crippen LogP contribution in [0.15, 0.2) is 65.6 Å². The van der Waals surface area contributed by atoms with E-state index >= 15 is 0 Å². The lowest BCUT2D eigenvalue weighted by molar-refractivity contribution is 0.162. The molecule has 4 aromatic heterocycles. The van der Waals surface area contributed by atoms with Crippen LogP contribution >= 0.6 is 11.3 Å². The molecule has 0 radical (unpaired) electrons. The third kappa shape index (κ3) is 3.70. The third-order valence-corrected chi connectivity index (χ3v) is 6.65. The number of aromatic nitrogens is 4. The number of piperidine rings is 1. The molecular weight excluding hydrogens is 418 g/mol. The number of nitrogens with zero attached hydrogens (tertiary/aromatic N) is 2. The number of hydrogen-bond donors (Lipinski definition) is 3. The van der Waals surface area contributed by atoms with Gasteiger partial charge >= 0.3 is 0 Å². The Morgan fingerprint density at radius 1 is 0.969 bits per heavy atom. The minimum atomic E-state index is 0.245. The van der Waals surface area contributed by atoms with Crippen molar-refractivity contribution < 1.29 is 4.74 Å². The molecule has 32 heavy (non-hydrogen) atoms. The van der Waals surface area contributed by atoms with E-state index in [2.05, 4.69) is 72.6 Å². The van der Waals surface area contributed by atoms with Gasteiger partial charge in [0.15, 0.2) is 0 Å². The maximum absolute atomic E-state index is 6.16. The summed E-state index contributed by atoms with van der Waals surface area (Å²) in [5, 5.41) is 16.6. The summed E-state index contributed by atoms with van der Waals surface area (Å²) in [6, 6.07) is 14.8. The smallest absolute Gasteiger partial charge is 0.138 e. The molecule has 0 amide bonds. The van der Waals surface area contributed by atoms with E-state index in [1.807, 2.05) is 12.3 Å². The molecule has 1 saturated heterocycles. The number of rotatable bonds is 5. The first kappa shape index (κ1) is 19.3. The van der Waals surface area contributed by atoms with Crippen molar-refractivity contribution in [3.05, 3.63) is 65.6 Å². The molecule has 5 aromatic rings. The van der Waals surface area contributed by atoms with Gasteiger partial charge in [-0.05, 0) is 78.2 Å². The van der Waals surface area contributed by atoms with Crippen LogP contribution in [0.5, 0.6) is 5.75 Å². The SMILES string of the molecule is c1cc(-c2ccsc2)c2cc(-c3cc(-c4cncc(OC5CCNCC5)c4)[nH]n3)[nH]c2c1. The molecule has 160 valence electrons. The maximum atomic E-state index is 6.16. The van der Waals surface area contributed by atoms with Crippen molar-refractivity contribution in [3.8, 4) is 39.5 Å². The predicted molar refractivity (Wildman–Crippen MR) is 129 cm³/mol. The van der Waals surface area contributed by atoms with Crippen molar-refractivity contribution in [2.24, 2.45) is 0 Å². The van der Waals surface area contributed by atoms with Crippen molar-refractivity contribution in [3.63, 3.8) is 0 Å². The van der Waals surface area contributed by atoms with E-state index < -0.39 is 0 Å². The number of H-pyrrole nitrogens is 2. The first-order valence-corrected chi connectivity index (χ1v) is 11.8. The van der Waals surface area contributed by atoms with Gasteiger partial charge in [0.1, 0.15) is 17.5 Å². The van der Waals surface area contributed by atoms with Gasteiger partial charge in [-0.2, -0.15) is 16.4 Å². The fourth-order valence-corrected chi connectivity index (χ4v) is 4.96. The lowest BCUT2D eigenvalue weighted by Crippen LogP contribution is -2.34. The van der Waals surface area contributed by atoms with Crippen molar-refractivity contribution >= 4 is 22.2 Å². The summed E-state index contributed by atoms with van der Waals surface area (Å²) in [6.07, 6.45) is 5.91. The molecule has 6 rings (SSSR count). The Morgan fingerprint density at radius 3 is 2.78 bits per heavy atom. The average molecular weight is 442 g/mol. The summed E-state index contributed by atoms with van der Waals surface area (Å²) >= 11 is 1.71. The Balaban J connectivity index is 1.29. The lowest BCUT2D eigenvalue weighted by atomic mass is 10.0. The largest absolute Gasteiger partial charge is 0.489 e. The van der Waals surface area contributed by atoms with Crippen LogP contribution in [0.2, 0.25) is 0 Å². The van der Waals surface area contributed by atoms with Gasteiger partial charge in [-0.15, -0.1) is 0 Å². The lowest BCUT2D eigenvalue weighted by Gasteiger charge is -2.23. The molecule has 0 bridgehead atoms. The highest BCUT2D eigenvalue weighted by Gasteiger charge is 2.16. The van der Waals surface area contributed by atoms with E-state index in [1.54, 1.807) is 17.5 Å². The molecule has 0 aliphatic carbocycles. The van der Waals surface area contributed by atoms with Crippen molar-refractivity contribution in [2.45, 2.75) is 18.9 Å². The van der Waals surface area contributed by atoms with E-state index in [1.165, 1.54) is 16.5 Å². The summed E-state index contributed by atoms with van der Waals surface area (Å²) < 4.78 is 6.16. The van der Waals surface area contributed by atoms with Gasteiger partial charge in [-0.3, -0.25) is 10.1 Å². The standard InChI is InChI=1S/C25H23N5OS/c1-2-20(16-6-9-32-15-16)21-11-24(28-22(21)3-1)25-12-23(29-30-25)17-10-19(14-27-13-17)31-18-4-7-26-8-5-18/h1-3,6,9-15,18,26,28H,4-5,7-8H2,(H,29,30). The molecule has 7 heteroatoms. The molecule has 1 aliphatic heterocycles. The zero-order chi connectivity index (χ0) is 21.3. The van der Waals surface area contributed by atoms with Crippen molar-refractivity contribution in [1.29, 1.82) is 0 Å². The molecule has 0 unspecified atom stereocenters. The number of pyridine rings is 1. The Labute approximate surface area is 189 Å². The van der Waals surface area contributed by atoms with Gasteiger partial charge in [0.25, 0.3) is 0 Å². The zero-order valence-electron chi connectivity index (χ0n) is 17.5. The Bertz CT molecular complexity index is 1350. The van der Waals surface area contributed by atoms with E-state index in [9.17, 15) is 0 Å². The van der Waals surface area contributed by atoms with Gasteiger partial charge in [-0.25, -0.2) is 0 Å². The molecule has 6 nitrogen and oxygen atoms in total. The molecular formula is C25H23N5OS. The average Bonchev–Trinajstić information content (AvgIpc) is 3.60. The van der Waals surface area contributed by atoms with Gasteiger partial charge in [0.05, 0.1) is 17.6 Å². The van der Waals surface area contributed by atoms with Crippen LogP contribution < -0.4 is 10.1 Å².